The van der Waals surface area contributed by atoms with Gasteiger partial charge in [-0.15, -0.1) is 11.6 Å². The lowest BCUT2D eigenvalue weighted by molar-refractivity contribution is -0.126. The van der Waals surface area contributed by atoms with E-state index in [1.807, 2.05) is 44.2 Å². The minimum atomic E-state index is -1.50. The Labute approximate surface area is 147 Å². The number of aliphatic hydroxyl groups is 1. The Morgan fingerprint density at radius 1 is 1.17 bits per heavy atom. The van der Waals surface area contributed by atoms with Crippen LogP contribution in [0.1, 0.15) is 44.8 Å². The lowest BCUT2D eigenvalue weighted by Crippen LogP contribution is -2.35. The van der Waals surface area contributed by atoms with Gasteiger partial charge in [0.2, 0.25) is 0 Å². The number of rotatable bonds is 9. The number of Topliss-reactive ketones (excluding diaryl/α,β-unsaturated/α-hetero) is 1. The number of carbonyl (C=O) groups is 1. The van der Waals surface area contributed by atoms with Gasteiger partial charge in [0.05, 0.1) is 11.0 Å². The zero-order chi connectivity index (χ0) is 17.7. The standard InChI is InChI=1S/C19H31ClO2Si/c1-6-19(20,7-2)13-17(21)16(14-23(3,4)5)18(22)15-11-9-8-10-12-15/h8-12,16,18,22H,6-7,13-14H2,1-5H3. The average Bonchev–Trinajstić information content (AvgIpc) is 2.51. The molecule has 1 aromatic rings. The predicted octanol–water partition coefficient (Wildman–Crippen LogP) is 5.43. The summed E-state index contributed by atoms with van der Waals surface area (Å²) in [6.07, 6.45) is 1.11. The van der Waals surface area contributed by atoms with Crippen LogP contribution in [0.15, 0.2) is 30.3 Å². The second kappa shape index (κ2) is 8.45. The van der Waals surface area contributed by atoms with Gasteiger partial charge in [-0.1, -0.05) is 63.8 Å². The highest BCUT2D eigenvalue weighted by atomic mass is 35.5. The van der Waals surface area contributed by atoms with Gasteiger partial charge in [-0.25, -0.2) is 0 Å². The van der Waals surface area contributed by atoms with Crippen molar-refractivity contribution in [1.29, 1.82) is 0 Å². The van der Waals surface area contributed by atoms with E-state index in [2.05, 4.69) is 19.6 Å². The molecule has 0 radical (unpaired) electrons. The lowest BCUT2D eigenvalue weighted by Gasteiger charge is -2.31. The number of ketones is 1. The first-order valence-corrected chi connectivity index (χ1v) is 12.6. The maximum atomic E-state index is 12.9. The van der Waals surface area contributed by atoms with Crippen molar-refractivity contribution < 1.29 is 9.90 Å². The van der Waals surface area contributed by atoms with E-state index in [1.54, 1.807) is 0 Å². The van der Waals surface area contributed by atoms with Crippen LogP contribution in [0.2, 0.25) is 25.7 Å². The van der Waals surface area contributed by atoms with Crippen molar-refractivity contribution in [3.8, 4) is 0 Å². The molecule has 0 spiro atoms. The zero-order valence-electron chi connectivity index (χ0n) is 15.1. The van der Waals surface area contributed by atoms with Crippen molar-refractivity contribution in [3.63, 3.8) is 0 Å². The van der Waals surface area contributed by atoms with Gasteiger partial charge in [-0.3, -0.25) is 4.79 Å². The van der Waals surface area contributed by atoms with Crippen molar-refractivity contribution >= 4 is 25.5 Å². The predicted molar refractivity (Wildman–Crippen MR) is 102 cm³/mol. The molecule has 2 atom stereocenters. The molecule has 1 rings (SSSR count). The van der Waals surface area contributed by atoms with Gasteiger partial charge in [0, 0.05) is 20.4 Å². The molecule has 0 aliphatic rings. The van der Waals surface area contributed by atoms with E-state index in [0.717, 1.165) is 24.4 Å². The molecule has 1 N–H and O–H groups in total. The number of hydrogen-bond donors (Lipinski definition) is 1. The van der Waals surface area contributed by atoms with Crippen molar-refractivity contribution in [3.05, 3.63) is 35.9 Å². The molecule has 1 aromatic carbocycles. The summed E-state index contributed by atoms with van der Waals surface area (Å²) >= 11 is 6.58. The highest BCUT2D eigenvalue weighted by Crippen LogP contribution is 2.36. The van der Waals surface area contributed by atoms with Crippen LogP contribution in [-0.4, -0.2) is 23.8 Å². The van der Waals surface area contributed by atoms with Gasteiger partial charge >= 0.3 is 0 Å². The first-order chi connectivity index (χ1) is 10.6. The Morgan fingerprint density at radius 3 is 2.13 bits per heavy atom. The molecule has 2 unspecified atom stereocenters. The van der Waals surface area contributed by atoms with Crippen LogP contribution in [0.25, 0.3) is 0 Å². The van der Waals surface area contributed by atoms with Crippen molar-refractivity contribution in [2.24, 2.45) is 5.92 Å². The summed E-state index contributed by atoms with van der Waals surface area (Å²) in [4.78, 5) is 12.5. The van der Waals surface area contributed by atoms with E-state index in [0.29, 0.717) is 6.42 Å². The van der Waals surface area contributed by atoms with Gasteiger partial charge in [0.25, 0.3) is 0 Å². The number of alkyl halides is 1. The largest absolute Gasteiger partial charge is 0.388 e. The smallest absolute Gasteiger partial charge is 0.140 e. The highest BCUT2D eigenvalue weighted by Gasteiger charge is 2.36. The molecule has 0 bridgehead atoms. The fourth-order valence-electron chi connectivity index (χ4n) is 2.89. The normalized spacial score (nSPS) is 15.3. The minimum absolute atomic E-state index is 0.0995. The molecule has 0 aromatic heterocycles. The fourth-order valence-corrected chi connectivity index (χ4v) is 4.79. The molecule has 2 nitrogen and oxygen atoms in total. The Morgan fingerprint density at radius 2 is 1.70 bits per heavy atom. The molecule has 0 aliphatic heterocycles. The molecule has 23 heavy (non-hydrogen) atoms. The minimum Gasteiger partial charge on any atom is -0.388 e. The molecule has 0 aliphatic carbocycles. The fraction of sp³-hybridized carbons (Fsp3) is 0.632. The van der Waals surface area contributed by atoms with Crippen LogP contribution in [0.4, 0.5) is 0 Å². The summed E-state index contributed by atoms with van der Waals surface area (Å²) < 4.78 is 0. The third kappa shape index (κ3) is 6.40. The first kappa shape index (κ1) is 20.4. The quantitative estimate of drug-likeness (QED) is 0.474. The average molecular weight is 355 g/mol. The second-order valence-electron chi connectivity index (χ2n) is 7.73. The van der Waals surface area contributed by atoms with Gasteiger partial charge in [-0.2, -0.15) is 0 Å². The van der Waals surface area contributed by atoms with E-state index in [-0.39, 0.29) is 11.7 Å². The zero-order valence-corrected chi connectivity index (χ0v) is 16.9. The Bertz CT molecular complexity index is 492. The monoisotopic (exact) mass is 354 g/mol. The molecule has 4 heteroatoms. The Hall–Kier alpha value is -0.643. The number of carbonyl (C=O) groups excluding carboxylic acids is 1. The van der Waals surface area contributed by atoms with Crippen LogP contribution in [0, 0.1) is 5.92 Å². The molecule has 0 amide bonds. The van der Waals surface area contributed by atoms with Crippen LogP contribution in [0.5, 0.6) is 0 Å². The van der Waals surface area contributed by atoms with Gasteiger partial charge in [0.15, 0.2) is 0 Å². The van der Waals surface area contributed by atoms with E-state index in [1.165, 1.54) is 0 Å². The third-order valence-corrected chi connectivity index (χ3v) is 6.86. The Kier molecular flexibility index (Phi) is 7.50. The van der Waals surface area contributed by atoms with Crippen LogP contribution in [0.3, 0.4) is 0 Å². The molecule has 0 saturated carbocycles. The van der Waals surface area contributed by atoms with E-state index in [9.17, 15) is 9.90 Å². The third-order valence-electron chi connectivity index (χ3n) is 4.53. The first-order valence-electron chi connectivity index (χ1n) is 8.56. The van der Waals surface area contributed by atoms with E-state index >= 15 is 0 Å². The van der Waals surface area contributed by atoms with Gasteiger partial charge in [-0.05, 0) is 24.4 Å². The summed E-state index contributed by atoms with van der Waals surface area (Å²) in [5.41, 5.74) is 0.817. The maximum Gasteiger partial charge on any atom is 0.140 e. The summed E-state index contributed by atoms with van der Waals surface area (Å²) in [5.74, 6) is -0.261. The highest BCUT2D eigenvalue weighted by molar-refractivity contribution is 6.76. The summed E-state index contributed by atoms with van der Waals surface area (Å²) in [5, 5.41) is 10.8. The molecule has 0 saturated heterocycles. The van der Waals surface area contributed by atoms with Crippen molar-refractivity contribution in [2.45, 2.75) is 69.8 Å². The van der Waals surface area contributed by atoms with Crippen molar-refractivity contribution in [2.75, 3.05) is 0 Å². The van der Waals surface area contributed by atoms with Crippen molar-refractivity contribution in [1.82, 2.24) is 0 Å². The van der Waals surface area contributed by atoms with E-state index in [4.69, 9.17) is 11.6 Å². The summed E-state index contributed by atoms with van der Waals surface area (Å²) in [6.45, 7) is 10.7. The van der Waals surface area contributed by atoms with Crippen LogP contribution < -0.4 is 0 Å². The number of benzene rings is 1. The Balaban J connectivity index is 3.03. The molecular weight excluding hydrogens is 324 g/mol. The molecule has 0 heterocycles. The summed E-state index contributed by atoms with van der Waals surface area (Å²) in [7, 11) is -1.50. The lowest BCUT2D eigenvalue weighted by atomic mass is 9.86. The van der Waals surface area contributed by atoms with Gasteiger partial charge in [0.1, 0.15) is 5.78 Å². The topological polar surface area (TPSA) is 37.3 Å². The molecular formula is C19H31ClO2Si. The maximum absolute atomic E-state index is 12.9. The number of halogens is 1. The SMILES string of the molecule is CCC(Cl)(CC)CC(=O)C(C[Si](C)(C)C)C(O)c1ccccc1. The molecule has 0 fully saturated rings. The second-order valence-corrected chi connectivity index (χ2v) is 14.1. The van der Waals surface area contributed by atoms with Gasteiger partial charge < -0.3 is 5.11 Å². The summed E-state index contributed by atoms with van der Waals surface area (Å²) in [6, 6.07) is 10.3. The van der Waals surface area contributed by atoms with Crippen LogP contribution in [-0.2, 0) is 4.79 Å². The molecule has 130 valence electrons. The van der Waals surface area contributed by atoms with E-state index < -0.39 is 19.1 Å². The number of aliphatic hydroxyl groups excluding tert-OH is 1. The number of hydrogen-bond acceptors (Lipinski definition) is 2. The van der Waals surface area contributed by atoms with Crippen LogP contribution >= 0.6 is 11.6 Å².